The van der Waals surface area contributed by atoms with Crippen LogP contribution in [0.5, 0.6) is 23.0 Å². The highest BCUT2D eigenvalue weighted by molar-refractivity contribution is 5.71. The van der Waals surface area contributed by atoms with Crippen LogP contribution in [-0.2, 0) is 0 Å². The lowest BCUT2D eigenvalue weighted by molar-refractivity contribution is 0.324. The molecule has 2 aromatic rings. The predicted octanol–water partition coefficient (Wildman–Crippen LogP) is 2.84. The number of rotatable bonds is 6. The van der Waals surface area contributed by atoms with Gasteiger partial charge in [0.25, 0.3) is 0 Å². The molecule has 0 fully saturated rings. The lowest BCUT2D eigenvalue weighted by Crippen LogP contribution is -1.98. The molecule has 0 N–H and O–H groups in total. The largest absolute Gasteiger partial charge is 0.496 e. The van der Waals surface area contributed by atoms with Crippen molar-refractivity contribution < 1.29 is 23.4 Å². The fourth-order valence-corrected chi connectivity index (χ4v) is 2.05. The van der Waals surface area contributed by atoms with E-state index in [1.807, 2.05) is 0 Å². The molecule has 0 saturated carbocycles. The van der Waals surface area contributed by atoms with E-state index in [1.165, 1.54) is 13.2 Å². The van der Waals surface area contributed by atoms with Crippen molar-refractivity contribution in [2.24, 2.45) is 0 Å². The predicted molar refractivity (Wildman–Crippen MR) is 86.6 cm³/mol. The Kier molecular flexibility index (Phi) is 5.30. The summed E-state index contributed by atoms with van der Waals surface area (Å²) in [5.74, 6) is 2.41. The first-order chi connectivity index (χ1) is 11.1. The molecule has 1 aromatic carbocycles. The molecule has 1 aromatic heterocycles. The van der Waals surface area contributed by atoms with Crippen LogP contribution in [0.3, 0.4) is 0 Å². The van der Waals surface area contributed by atoms with E-state index in [0.29, 0.717) is 28.8 Å². The van der Waals surface area contributed by atoms with Crippen LogP contribution < -0.4 is 24.6 Å². The summed E-state index contributed by atoms with van der Waals surface area (Å²) in [5, 5.41) is 0. The molecular formula is C17H18O6. The van der Waals surface area contributed by atoms with Gasteiger partial charge in [-0.15, -0.1) is 0 Å². The zero-order chi connectivity index (χ0) is 16.8. The van der Waals surface area contributed by atoms with Crippen LogP contribution in [0.25, 0.3) is 12.2 Å². The first-order valence-corrected chi connectivity index (χ1v) is 6.78. The van der Waals surface area contributed by atoms with Crippen LogP contribution in [0.1, 0.15) is 11.3 Å². The zero-order valence-corrected chi connectivity index (χ0v) is 13.4. The third kappa shape index (κ3) is 3.85. The van der Waals surface area contributed by atoms with Gasteiger partial charge in [0.2, 0.25) is 5.75 Å². The fraction of sp³-hybridized carbons (Fsp3) is 0.235. The van der Waals surface area contributed by atoms with Gasteiger partial charge in [0.05, 0.1) is 34.5 Å². The Labute approximate surface area is 133 Å². The Morgan fingerprint density at radius 1 is 0.826 bits per heavy atom. The molecule has 0 amide bonds. The number of benzene rings is 1. The van der Waals surface area contributed by atoms with Crippen molar-refractivity contribution in [2.75, 3.05) is 28.4 Å². The molecule has 0 aliphatic heterocycles. The van der Waals surface area contributed by atoms with E-state index in [1.54, 1.807) is 51.7 Å². The van der Waals surface area contributed by atoms with E-state index in [4.69, 9.17) is 23.4 Å². The van der Waals surface area contributed by atoms with Gasteiger partial charge in [-0.25, -0.2) is 4.79 Å². The summed E-state index contributed by atoms with van der Waals surface area (Å²) in [6, 6.07) is 6.47. The highest BCUT2D eigenvalue weighted by atomic mass is 16.5. The second-order valence-electron chi connectivity index (χ2n) is 4.51. The van der Waals surface area contributed by atoms with E-state index in [-0.39, 0.29) is 0 Å². The maximum absolute atomic E-state index is 11.4. The minimum absolute atomic E-state index is 0.378. The standard InChI is InChI=1S/C17H18O6/c1-19-13-9-12(23-16(18)10-13)6-5-11-7-14(20-2)17(22-4)15(8-11)21-3/h5-10H,1-4H3. The molecular weight excluding hydrogens is 300 g/mol. The smallest absolute Gasteiger partial charge is 0.339 e. The maximum atomic E-state index is 11.4. The van der Waals surface area contributed by atoms with E-state index < -0.39 is 5.63 Å². The summed E-state index contributed by atoms with van der Waals surface area (Å²) in [6.45, 7) is 0. The Balaban J connectivity index is 2.39. The van der Waals surface area contributed by atoms with Crippen LogP contribution >= 0.6 is 0 Å². The molecule has 0 unspecified atom stereocenters. The molecule has 1 heterocycles. The average Bonchev–Trinajstić information content (AvgIpc) is 2.58. The van der Waals surface area contributed by atoms with E-state index in [9.17, 15) is 4.79 Å². The van der Waals surface area contributed by atoms with Crippen LogP contribution in [0.4, 0.5) is 0 Å². The third-order valence-corrected chi connectivity index (χ3v) is 3.13. The molecule has 0 bridgehead atoms. The highest BCUT2D eigenvalue weighted by Crippen LogP contribution is 2.38. The molecule has 0 spiro atoms. The van der Waals surface area contributed by atoms with Crippen LogP contribution in [0.15, 0.2) is 33.5 Å². The van der Waals surface area contributed by atoms with Gasteiger partial charge in [-0.1, -0.05) is 6.08 Å². The van der Waals surface area contributed by atoms with Gasteiger partial charge >= 0.3 is 5.63 Å². The summed E-state index contributed by atoms with van der Waals surface area (Å²) in [4.78, 5) is 11.4. The molecule has 6 nitrogen and oxygen atoms in total. The van der Waals surface area contributed by atoms with Crippen molar-refractivity contribution in [1.29, 1.82) is 0 Å². The molecule has 0 aliphatic carbocycles. The third-order valence-electron chi connectivity index (χ3n) is 3.13. The minimum Gasteiger partial charge on any atom is -0.496 e. The monoisotopic (exact) mass is 318 g/mol. The van der Waals surface area contributed by atoms with Crippen LogP contribution in [0.2, 0.25) is 0 Å². The van der Waals surface area contributed by atoms with Crippen molar-refractivity contribution in [3.05, 3.63) is 46.0 Å². The number of hydrogen-bond donors (Lipinski definition) is 0. The molecule has 0 atom stereocenters. The van der Waals surface area contributed by atoms with Gasteiger partial charge in [-0.2, -0.15) is 0 Å². The van der Waals surface area contributed by atoms with E-state index in [0.717, 1.165) is 5.56 Å². The molecule has 122 valence electrons. The minimum atomic E-state index is -0.478. The van der Waals surface area contributed by atoms with Gasteiger partial charge in [-0.3, -0.25) is 0 Å². The fourth-order valence-electron chi connectivity index (χ4n) is 2.05. The average molecular weight is 318 g/mol. The number of hydrogen-bond acceptors (Lipinski definition) is 6. The van der Waals surface area contributed by atoms with Gasteiger partial charge in [-0.05, 0) is 23.8 Å². The summed E-state index contributed by atoms with van der Waals surface area (Å²) in [6.07, 6.45) is 3.42. The molecule has 0 radical (unpaired) electrons. The quantitative estimate of drug-likeness (QED) is 0.816. The van der Waals surface area contributed by atoms with Gasteiger partial charge in [0, 0.05) is 6.07 Å². The Morgan fingerprint density at radius 3 is 2.00 bits per heavy atom. The molecule has 6 heteroatoms. The highest BCUT2D eigenvalue weighted by Gasteiger charge is 2.12. The SMILES string of the molecule is COc1cc(C=Cc2cc(OC)c(OC)c(OC)c2)oc(=O)c1. The lowest BCUT2D eigenvalue weighted by atomic mass is 10.1. The molecule has 0 aliphatic rings. The Bertz CT molecular complexity index is 735. The lowest BCUT2D eigenvalue weighted by Gasteiger charge is -2.12. The van der Waals surface area contributed by atoms with Crippen molar-refractivity contribution in [2.45, 2.75) is 0 Å². The maximum Gasteiger partial charge on any atom is 0.339 e. The van der Waals surface area contributed by atoms with Crippen molar-refractivity contribution in [3.8, 4) is 23.0 Å². The van der Waals surface area contributed by atoms with Crippen LogP contribution in [-0.4, -0.2) is 28.4 Å². The summed E-state index contributed by atoms with van der Waals surface area (Å²) >= 11 is 0. The summed E-state index contributed by atoms with van der Waals surface area (Å²) < 4.78 is 26.0. The van der Waals surface area contributed by atoms with Gasteiger partial charge in [0.1, 0.15) is 11.5 Å². The topological polar surface area (TPSA) is 67.1 Å². The second kappa shape index (κ2) is 7.40. The van der Waals surface area contributed by atoms with E-state index >= 15 is 0 Å². The Hall–Kier alpha value is -2.89. The van der Waals surface area contributed by atoms with Gasteiger partial charge in [0.15, 0.2) is 11.5 Å². The normalized spacial score (nSPS) is 10.6. The number of ether oxygens (including phenoxy) is 4. The Morgan fingerprint density at radius 2 is 1.48 bits per heavy atom. The number of methoxy groups -OCH3 is 4. The summed E-state index contributed by atoms with van der Waals surface area (Å²) in [5.41, 5.74) is 0.318. The van der Waals surface area contributed by atoms with Crippen molar-refractivity contribution in [1.82, 2.24) is 0 Å². The first kappa shape index (κ1) is 16.5. The zero-order valence-electron chi connectivity index (χ0n) is 13.4. The van der Waals surface area contributed by atoms with Crippen molar-refractivity contribution in [3.63, 3.8) is 0 Å². The molecule has 2 rings (SSSR count). The van der Waals surface area contributed by atoms with Crippen molar-refractivity contribution >= 4 is 12.2 Å². The van der Waals surface area contributed by atoms with Gasteiger partial charge < -0.3 is 23.4 Å². The second-order valence-corrected chi connectivity index (χ2v) is 4.51. The van der Waals surface area contributed by atoms with Crippen LogP contribution in [0, 0.1) is 0 Å². The molecule has 0 saturated heterocycles. The van der Waals surface area contributed by atoms with E-state index in [2.05, 4.69) is 0 Å². The molecule has 23 heavy (non-hydrogen) atoms. The first-order valence-electron chi connectivity index (χ1n) is 6.78. The summed E-state index contributed by atoms with van der Waals surface area (Å²) in [7, 11) is 6.13.